The standard InChI is InChI=1S/C29H37N7O3S/c1-20(37)33-29-23(17-32-25-6-2-21(3-7-25)18-36-15-12-24(30)19-36)16-28(34-29)22-4-8-27(9-5-22)40(38,39)35-26-10-13-31-14-11-26/h2-9,16-17,24,26,31-32,35H,10-15,18-19,30H2,1H3,(H,33,34,37)/b23-17-/t24-/m1/s1. The van der Waals surface area contributed by atoms with Gasteiger partial charge in [0.15, 0.2) is 0 Å². The lowest BCUT2D eigenvalue weighted by atomic mass is 10.1. The van der Waals surface area contributed by atoms with E-state index < -0.39 is 10.0 Å². The van der Waals surface area contributed by atoms with Crippen LogP contribution in [-0.4, -0.2) is 63.3 Å². The first-order chi connectivity index (χ1) is 19.2. The molecule has 1 atom stereocenters. The molecule has 3 heterocycles. The summed E-state index contributed by atoms with van der Waals surface area (Å²) in [6.45, 7) is 5.86. The number of anilines is 1. The fourth-order valence-electron chi connectivity index (χ4n) is 5.15. The quantitative estimate of drug-likeness (QED) is 0.329. The molecule has 2 aromatic carbocycles. The van der Waals surface area contributed by atoms with E-state index >= 15 is 0 Å². The molecule has 212 valence electrons. The SMILES string of the molecule is CC(=O)/N=C1/NC(c2ccc(S(=O)(=O)NC3CCNCC3)cc2)=C/C1=C/Nc1ccc(CN2CC[C@@H](N)C2)cc1. The monoisotopic (exact) mass is 563 g/mol. The van der Waals surface area contributed by atoms with Crippen molar-refractivity contribution in [1.82, 2.24) is 20.3 Å². The Bertz CT molecular complexity index is 1410. The molecule has 2 aromatic rings. The van der Waals surface area contributed by atoms with Crippen LogP contribution in [0, 0.1) is 0 Å². The molecule has 0 aliphatic carbocycles. The molecule has 0 bridgehead atoms. The average molecular weight is 564 g/mol. The Balaban J connectivity index is 1.27. The van der Waals surface area contributed by atoms with Gasteiger partial charge in [-0.1, -0.05) is 24.3 Å². The lowest BCUT2D eigenvalue weighted by Gasteiger charge is -2.23. The van der Waals surface area contributed by atoms with Crippen LogP contribution in [0.2, 0.25) is 0 Å². The van der Waals surface area contributed by atoms with Gasteiger partial charge in [-0.3, -0.25) is 9.69 Å². The topological polar surface area (TPSA) is 141 Å². The summed E-state index contributed by atoms with van der Waals surface area (Å²) in [7, 11) is -3.61. The van der Waals surface area contributed by atoms with Crippen molar-refractivity contribution in [2.24, 2.45) is 10.7 Å². The van der Waals surface area contributed by atoms with Gasteiger partial charge in [0, 0.05) is 61.8 Å². The van der Waals surface area contributed by atoms with Gasteiger partial charge in [-0.05, 0) is 73.8 Å². The van der Waals surface area contributed by atoms with Crippen molar-refractivity contribution in [2.45, 2.75) is 49.7 Å². The fraction of sp³-hybridized carbons (Fsp3) is 0.379. The van der Waals surface area contributed by atoms with Gasteiger partial charge in [-0.15, -0.1) is 0 Å². The van der Waals surface area contributed by atoms with Crippen LogP contribution in [0.25, 0.3) is 5.70 Å². The third-order valence-corrected chi connectivity index (χ3v) is 8.83. The summed E-state index contributed by atoms with van der Waals surface area (Å²) in [5.74, 6) is 0.112. The van der Waals surface area contributed by atoms with Crippen molar-refractivity contribution in [3.8, 4) is 0 Å². The molecule has 1 amide bonds. The maximum Gasteiger partial charge on any atom is 0.244 e. The van der Waals surface area contributed by atoms with E-state index in [1.807, 2.05) is 18.2 Å². The van der Waals surface area contributed by atoms with Gasteiger partial charge in [0.1, 0.15) is 5.84 Å². The summed E-state index contributed by atoms with van der Waals surface area (Å²) in [5, 5.41) is 9.73. The first-order valence-electron chi connectivity index (χ1n) is 13.7. The normalized spacial score (nSPS) is 22.4. The van der Waals surface area contributed by atoms with E-state index in [-0.39, 0.29) is 22.9 Å². The van der Waals surface area contributed by atoms with Crippen LogP contribution < -0.4 is 26.4 Å². The highest BCUT2D eigenvalue weighted by atomic mass is 32.2. The van der Waals surface area contributed by atoms with Gasteiger partial charge in [0.25, 0.3) is 0 Å². The predicted molar refractivity (Wildman–Crippen MR) is 158 cm³/mol. The van der Waals surface area contributed by atoms with E-state index in [1.165, 1.54) is 12.5 Å². The number of nitrogens with zero attached hydrogens (tertiary/aromatic N) is 2. The van der Waals surface area contributed by atoms with Gasteiger partial charge in [0.05, 0.1) is 4.90 Å². The second kappa shape index (κ2) is 12.4. The van der Waals surface area contributed by atoms with Gasteiger partial charge >= 0.3 is 0 Å². The molecular weight excluding hydrogens is 526 g/mol. The van der Waals surface area contributed by atoms with E-state index in [4.69, 9.17) is 5.73 Å². The Morgan fingerprint density at radius 2 is 1.82 bits per heavy atom. The molecule has 3 aliphatic rings. The molecule has 0 radical (unpaired) electrons. The van der Waals surface area contributed by atoms with Crippen LogP contribution in [-0.2, 0) is 21.4 Å². The third-order valence-electron chi connectivity index (χ3n) is 7.30. The Labute approximate surface area is 235 Å². The number of aliphatic imine (C=N–C) groups is 1. The smallest absolute Gasteiger partial charge is 0.244 e. The van der Waals surface area contributed by atoms with Crippen molar-refractivity contribution in [1.29, 1.82) is 0 Å². The zero-order valence-corrected chi connectivity index (χ0v) is 23.5. The number of nitrogens with two attached hydrogens (primary N) is 1. The fourth-order valence-corrected chi connectivity index (χ4v) is 6.45. The average Bonchev–Trinajstić information content (AvgIpc) is 3.53. The van der Waals surface area contributed by atoms with Gasteiger partial charge in [-0.2, -0.15) is 4.99 Å². The third kappa shape index (κ3) is 7.23. The largest absolute Gasteiger partial charge is 0.361 e. The summed E-state index contributed by atoms with van der Waals surface area (Å²) in [4.78, 5) is 18.5. The van der Waals surface area contributed by atoms with Crippen molar-refractivity contribution in [2.75, 3.05) is 31.5 Å². The molecule has 2 fully saturated rings. The first-order valence-corrected chi connectivity index (χ1v) is 15.2. The summed E-state index contributed by atoms with van der Waals surface area (Å²) in [6.07, 6.45) is 6.27. The molecule has 0 unspecified atom stereocenters. The number of hydrogen-bond acceptors (Lipinski definition) is 7. The summed E-state index contributed by atoms with van der Waals surface area (Å²) < 4.78 is 28.5. The summed E-state index contributed by atoms with van der Waals surface area (Å²) in [5.41, 5.74) is 10.4. The Morgan fingerprint density at radius 1 is 1.10 bits per heavy atom. The molecule has 3 aliphatic heterocycles. The Kier molecular flexibility index (Phi) is 8.77. The number of hydrogen-bond donors (Lipinski definition) is 5. The molecular formula is C29H37N7O3S. The van der Waals surface area contributed by atoms with Crippen LogP contribution in [0.3, 0.4) is 0 Å². The zero-order valence-electron chi connectivity index (χ0n) is 22.7. The summed E-state index contributed by atoms with van der Waals surface area (Å²) in [6, 6.07) is 15.1. The van der Waals surface area contributed by atoms with Gasteiger partial charge in [-0.25, -0.2) is 13.1 Å². The number of amidine groups is 1. The van der Waals surface area contributed by atoms with Crippen LogP contribution in [0.15, 0.2) is 76.3 Å². The maximum atomic E-state index is 12.9. The maximum absolute atomic E-state index is 12.9. The number of carbonyl (C=O) groups is 1. The number of piperidine rings is 1. The van der Waals surface area contributed by atoms with Gasteiger partial charge in [0.2, 0.25) is 15.9 Å². The van der Waals surface area contributed by atoms with E-state index in [2.05, 4.69) is 42.7 Å². The molecule has 40 heavy (non-hydrogen) atoms. The number of carbonyl (C=O) groups excluding carboxylic acids is 1. The molecule has 0 aromatic heterocycles. The van der Waals surface area contributed by atoms with E-state index in [0.717, 1.165) is 68.9 Å². The minimum absolute atomic E-state index is 0.0594. The van der Waals surface area contributed by atoms with Crippen LogP contribution in [0.5, 0.6) is 0 Å². The zero-order chi connectivity index (χ0) is 28.1. The minimum atomic E-state index is -3.61. The Hall–Kier alpha value is -3.35. The number of nitrogens with one attached hydrogen (secondary N) is 4. The second-order valence-electron chi connectivity index (χ2n) is 10.6. The Morgan fingerprint density at radius 3 is 2.48 bits per heavy atom. The molecule has 0 saturated carbocycles. The lowest BCUT2D eigenvalue weighted by Crippen LogP contribution is -2.42. The predicted octanol–water partition coefficient (Wildman–Crippen LogP) is 2.14. The van der Waals surface area contributed by atoms with Gasteiger partial charge < -0.3 is 21.7 Å². The number of sulfonamides is 1. The molecule has 6 N–H and O–H groups in total. The number of benzene rings is 2. The van der Waals surface area contributed by atoms with E-state index in [0.29, 0.717) is 11.4 Å². The molecule has 0 spiro atoms. The number of likely N-dealkylation sites (tertiary alicyclic amines) is 1. The second-order valence-corrected chi connectivity index (χ2v) is 12.3. The van der Waals surface area contributed by atoms with Crippen LogP contribution >= 0.6 is 0 Å². The van der Waals surface area contributed by atoms with Crippen molar-refractivity contribution < 1.29 is 13.2 Å². The first kappa shape index (κ1) is 28.2. The molecule has 10 nitrogen and oxygen atoms in total. The molecule has 11 heteroatoms. The molecule has 2 saturated heterocycles. The van der Waals surface area contributed by atoms with E-state index in [9.17, 15) is 13.2 Å². The summed E-state index contributed by atoms with van der Waals surface area (Å²) >= 11 is 0. The highest BCUT2D eigenvalue weighted by Gasteiger charge is 2.23. The van der Waals surface area contributed by atoms with Crippen LogP contribution in [0.1, 0.15) is 37.3 Å². The highest BCUT2D eigenvalue weighted by Crippen LogP contribution is 2.24. The van der Waals surface area contributed by atoms with Crippen molar-refractivity contribution in [3.05, 3.63) is 77.5 Å². The lowest BCUT2D eigenvalue weighted by molar-refractivity contribution is -0.115. The van der Waals surface area contributed by atoms with Crippen molar-refractivity contribution >= 4 is 33.2 Å². The van der Waals surface area contributed by atoms with Crippen LogP contribution in [0.4, 0.5) is 5.69 Å². The van der Waals surface area contributed by atoms with E-state index in [1.54, 1.807) is 30.5 Å². The van der Waals surface area contributed by atoms with Crippen molar-refractivity contribution in [3.63, 3.8) is 0 Å². The highest BCUT2D eigenvalue weighted by molar-refractivity contribution is 7.89. The number of amides is 1. The minimum Gasteiger partial charge on any atom is -0.361 e. The number of rotatable bonds is 8. The molecule has 5 rings (SSSR count).